The second-order valence-electron chi connectivity index (χ2n) is 4.24. The minimum atomic E-state index is 0.311. The van der Waals surface area contributed by atoms with Crippen molar-refractivity contribution in [2.24, 2.45) is 0 Å². The molecule has 1 unspecified atom stereocenters. The highest BCUT2D eigenvalue weighted by atomic mass is 16.5. The molecular formula is C14H24N2O. The van der Waals surface area contributed by atoms with E-state index in [1.165, 1.54) is 12.8 Å². The number of rotatable bonds is 8. The van der Waals surface area contributed by atoms with Crippen LogP contribution in [0.2, 0.25) is 0 Å². The monoisotopic (exact) mass is 236 g/mol. The summed E-state index contributed by atoms with van der Waals surface area (Å²) in [6.45, 7) is 5.42. The van der Waals surface area contributed by atoms with Crippen molar-refractivity contribution >= 4 is 0 Å². The molecule has 0 aliphatic rings. The van der Waals surface area contributed by atoms with E-state index < -0.39 is 0 Å². The summed E-state index contributed by atoms with van der Waals surface area (Å²) < 4.78 is 5.38. The lowest BCUT2D eigenvalue weighted by atomic mass is 10.0. The molecule has 0 fully saturated rings. The van der Waals surface area contributed by atoms with Crippen LogP contribution in [0.1, 0.15) is 51.3 Å². The Bertz CT molecular complexity index is 307. The van der Waals surface area contributed by atoms with Crippen molar-refractivity contribution in [1.29, 1.82) is 0 Å². The average Bonchev–Trinajstić information content (AvgIpc) is 2.39. The number of nitrogens with zero attached hydrogens (tertiary/aromatic N) is 1. The highest BCUT2D eigenvalue weighted by Crippen LogP contribution is 2.26. The maximum Gasteiger partial charge on any atom is 0.141 e. The van der Waals surface area contributed by atoms with E-state index in [0.717, 1.165) is 30.8 Å². The zero-order valence-corrected chi connectivity index (χ0v) is 11.2. The van der Waals surface area contributed by atoms with Crippen LogP contribution in [-0.4, -0.2) is 18.6 Å². The summed E-state index contributed by atoms with van der Waals surface area (Å²) in [5.41, 5.74) is 1.04. The zero-order chi connectivity index (χ0) is 12.5. The van der Waals surface area contributed by atoms with Gasteiger partial charge in [0.25, 0.3) is 0 Å². The summed E-state index contributed by atoms with van der Waals surface area (Å²) in [4.78, 5) is 4.47. The molecule has 3 nitrogen and oxygen atoms in total. The SMILES string of the molecule is CCCCC(NCCC)c1ncccc1OC. The number of hydrogen-bond donors (Lipinski definition) is 1. The summed E-state index contributed by atoms with van der Waals surface area (Å²) in [6, 6.07) is 4.21. The molecule has 96 valence electrons. The fraction of sp³-hybridized carbons (Fsp3) is 0.643. The largest absolute Gasteiger partial charge is 0.495 e. The topological polar surface area (TPSA) is 34.2 Å². The first-order chi connectivity index (χ1) is 8.33. The van der Waals surface area contributed by atoms with Crippen LogP contribution in [0.15, 0.2) is 18.3 Å². The first kappa shape index (κ1) is 14.0. The van der Waals surface area contributed by atoms with Crippen molar-refractivity contribution in [3.05, 3.63) is 24.0 Å². The third-order valence-corrected chi connectivity index (χ3v) is 2.84. The first-order valence-electron chi connectivity index (χ1n) is 6.55. The Kier molecular flexibility index (Phi) is 6.63. The summed E-state index contributed by atoms with van der Waals surface area (Å²) >= 11 is 0. The summed E-state index contributed by atoms with van der Waals surface area (Å²) in [5, 5.41) is 3.55. The zero-order valence-electron chi connectivity index (χ0n) is 11.2. The molecule has 17 heavy (non-hydrogen) atoms. The van der Waals surface area contributed by atoms with Gasteiger partial charge in [-0.15, -0.1) is 0 Å². The van der Waals surface area contributed by atoms with Gasteiger partial charge in [0.15, 0.2) is 0 Å². The fourth-order valence-electron chi connectivity index (χ4n) is 1.90. The normalized spacial score (nSPS) is 12.4. The molecule has 0 aromatic carbocycles. The van der Waals surface area contributed by atoms with Gasteiger partial charge in [-0.1, -0.05) is 26.7 Å². The van der Waals surface area contributed by atoms with E-state index in [1.807, 2.05) is 18.3 Å². The molecule has 0 saturated heterocycles. The Hall–Kier alpha value is -1.09. The van der Waals surface area contributed by atoms with E-state index in [2.05, 4.69) is 24.1 Å². The van der Waals surface area contributed by atoms with Crippen molar-refractivity contribution in [2.45, 2.75) is 45.6 Å². The molecule has 0 bridgehead atoms. The lowest BCUT2D eigenvalue weighted by Crippen LogP contribution is -2.23. The van der Waals surface area contributed by atoms with Gasteiger partial charge >= 0.3 is 0 Å². The van der Waals surface area contributed by atoms with Gasteiger partial charge < -0.3 is 10.1 Å². The second kappa shape index (κ2) is 8.07. The Morgan fingerprint density at radius 3 is 2.82 bits per heavy atom. The molecule has 0 aliphatic carbocycles. The van der Waals surface area contributed by atoms with E-state index in [1.54, 1.807) is 7.11 Å². The number of pyridine rings is 1. The van der Waals surface area contributed by atoms with Crippen molar-refractivity contribution in [2.75, 3.05) is 13.7 Å². The van der Waals surface area contributed by atoms with Crippen LogP contribution in [0.4, 0.5) is 0 Å². The molecule has 1 aromatic rings. The van der Waals surface area contributed by atoms with Crippen LogP contribution in [-0.2, 0) is 0 Å². The van der Waals surface area contributed by atoms with Crippen molar-refractivity contribution in [1.82, 2.24) is 10.3 Å². The van der Waals surface area contributed by atoms with E-state index in [-0.39, 0.29) is 0 Å². The van der Waals surface area contributed by atoms with Gasteiger partial charge in [-0.05, 0) is 31.5 Å². The van der Waals surface area contributed by atoms with Gasteiger partial charge in [-0.3, -0.25) is 4.98 Å². The minimum absolute atomic E-state index is 0.311. The molecule has 1 rings (SSSR count). The van der Waals surface area contributed by atoms with E-state index in [9.17, 15) is 0 Å². The number of aromatic nitrogens is 1. The fourth-order valence-corrected chi connectivity index (χ4v) is 1.90. The number of nitrogens with one attached hydrogen (secondary N) is 1. The molecule has 0 saturated carbocycles. The van der Waals surface area contributed by atoms with Gasteiger partial charge in [0.05, 0.1) is 18.8 Å². The van der Waals surface area contributed by atoms with E-state index in [0.29, 0.717) is 6.04 Å². The maximum atomic E-state index is 5.38. The van der Waals surface area contributed by atoms with Crippen molar-refractivity contribution in [3.63, 3.8) is 0 Å². The average molecular weight is 236 g/mol. The Morgan fingerprint density at radius 1 is 1.35 bits per heavy atom. The van der Waals surface area contributed by atoms with Gasteiger partial charge in [-0.2, -0.15) is 0 Å². The molecule has 0 spiro atoms. The lowest BCUT2D eigenvalue weighted by Gasteiger charge is -2.19. The van der Waals surface area contributed by atoms with Gasteiger partial charge in [-0.25, -0.2) is 0 Å². The van der Waals surface area contributed by atoms with Crippen LogP contribution in [0, 0.1) is 0 Å². The van der Waals surface area contributed by atoms with Gasteiger partial charge in [0, 0.05) is 6.20 Å². The Labute approximate surface area is 105 Å². The number of ether oxygens (including phenoxy) is 1. The summed E-state index contributed by atoms with van der Waals surface area (Å²) in [6.07, 6.45) is 6.51. The number of methoxy groups -OCH3 is 1. The predicted molar refractivity (Wildman–Crippen MR) is 71.3 cm³/mol. The van der Waals surface area contributed by atoms with Crippen LogP contribution in [0.25, 0.3) is 0 Å². The molecule has 1 N–H and O–H groups in total. The molecular weight excluding hydrogens is 212 g/mol. The van der Waals surface area contributed by atoms with Crippen LogP contribution in [0.5, 0.6) is 5.75 Å². The van der Waals surface area contributed by atoms with Crippen LogP contribution in [0.3, 0.4) is 0 Å². The molecule has 0 aliphatic heterocycles. The quantitative estimate of drug-likeness (QED) is 0.752. The standard InChI is InChI=1S/C14H24N2O/c1-4-6-8-12(15-10-5-2)14-13(17-3)9-7-11-16-14/h7,9,11-12,15H,4-6,8,10H2,1-3H3. The first-order valence-corrected chi connectivity index (χ1v) is 6.55. The maximum absolute atomic E-state index is 5.38. The summed E-state index contributed by atoms with van der Waals surface area (Å²) in [5.74, 6) is 0.886. The molecule has 3 heteroatoms. The third-order valence-electron chi connectivity index (χ3n) is 2.84. The highest BCUT2D eigenvalue weighted by molar-refractivity contribution is 5.29. The van der Waals surface area contributed by atoms with Gasteiger partial charge in [0.1, 0.15) is 5.75 Å². The Morgan fingerprint density at radius 2 is 2.18 bits per heavy atom. The lowest BCUT2D eigenvalue weighted by molar-refractivity contribution is 0.386. The summed E-state index contributed by atoms with van der Waals surface area (Å²) in [7, 11) is 1.71. The highest BCUT2D eigenvalue weighted by Gasteiger charge is 2.15. The van der Waals surface area contributed by atoms with E-state index in [4.69, 9.17) is 4.74 Å². The van der Waals surface area contributed by atoms with Crippen LogP contribution >= 0.6 is 0 Å². The van der Waals surface area contributed by atoms with Gasteiger partial charge in [0.2, 0.25) is 0 Å². The molecule has 0 radical (unpaired) electrons. The smallest absolute Gasteiger partial charge is 0.141 e. The molecule has 1 aromatic heterocycles. The van der Waals surface area contributed by atoms with Crippen molar-refractivity contribution < 1.29 is 4.74 Å². The third kappa shape index (κ3) is 4.35. The molecule has 1 heterocycles. The number of hydrogen-bond acceptors (Lipinski definition) is 3. The molecule has 1 atom stereocenters. The predicted octanol–water partition coefficient (Wildman–Crippen LogP) is 3.32. The Balaban J connectivity index is 2.78. The number of unbranched alkanes of at least 4 members (excludes halogenated alkanes) is 1. The van der Waals surface area contributed by atoms with Crippen LogP contribution < -0.4 is 10.1 Å². The molecule has 0 amide bonds. The minimum Gasteiger partial charge on any atom is -0.495 e. The van der Waals surface area contributed by atoms with Crippen molar-refractivity contribution in [3.8, 4) is 5.75 Å². The van der Waals surface area contributed by atoms with E-state index >= 15 is 0 Å². The second-order valence-corrected chi connectivity index (χ2v) is 4.24.